The Balaban J connectivity index is 1.57. The first-order valence-corrected chi connectivity index (χ1v) is 12.4. The molecule has 0 unspecified atom stereocenters. The lowest BCUT2D eigenvalue weighted by Gasteiger charge is -2.33. The van der Waals surface area contributed by atoms with Crippen LogP contribution < -0.4 is 0 Å². The summed E-state index contributed by atoms with van der Waals surface area (Å²) in [4.78, 5) is 21.5. The Labute approximate surface area is 201 Å². The van der Waals surface area contributed by atoms with E-state index in [2.05, 4.69) is 9.97 Å². The highest BCUT2D eigenvalue weighted by atomic mass is 35.5. The molecular weight excluding hydrogens is 476 g/mol. The van der Waals surface area contributed by atoms with Crippen molar-refractivity contribution in [2.75, 3.05) is 7.11 Å². The van der Waals surface area contributed by atoms with Crippen molar-refractivity contribution in [1.29, 1.82) is 0 Å². The summed E-state index contributed by atoms with van der Waals surface area (Å²) in [6.45, 7) is 0.473. The molecule has 174 valence electrons. The highest BCUT2D eigenvalue weighted by molar-refractivity contribution is 7.89. The van der Waals surface area contributed by atoms with Crippen LogP contribution in [0.4, 0.5) is 0 Å². The molecule has 0 spiro atoms. The molecule has 2 aromatic carbocycles. The van der Waals surface area contributed by atoms with E-state index in [0.29, 0.717) is 28.2 Å². The molecule has 0 saturated carbocycles. The second-order valence-electron chi connectivity index (χ2n) is 8.02. The van der Waals surface area contributed by atoms with Gasteiger partial charge in [-0.15, -0.1) is 0 Å². The number of aromatic nitrogens is 3. The van der Waals surface area contributed by atoms with Crippen LogP contribution >= 0.6 is 11.6 Å². The van der Waals surface area contributed by atoms with E-state index >= 15 is 0 Å². The summed E-state index contributed by atoms with van der Waals surface area (Å²) in [5.41, 5.74) is 2.75. The zero-order valence-corrected chi connectivity index (χ0v) is 19.8. The molecule has 1 aliphatic heterocycles. The van der Waals surface area contributed by atoms with Gasteiger partial charge in [0.25, 0.3) is 0 Å². The number of pyridine rings is 1. The Bertz CT molecular complexity index is 1480. The molecule has 0 amide bonds. The van der Waals surface area contributed by atoms with Gasteiger partial charge >= 0.3 is 5.97 Å². The highest BCUT2D eigenvalue weighted by Gasteiger charge is 2.42. The largest absolute Gasteiger partial charge is 0.468 e. The molecule has 0 fully saturated rings. The Hall–Kier alpha value is -3.27. The summed E-state index contributed by atoms with van der Waals surface area (Å²) in [6.07, 6.45) is 3.34. The van der Waals surface area contributed by atoms with Crippen LogP contribution in [-0.2, 0) is 39.1 Å². The van der Waals surface area contributed by atoms with Gasteiger partial charge in [0.15, 0.2) is 0 Å². The van der Waals surface area contributed by atoms with Gasteiger partial charge in [-0.25, -0.2) is 13.4 Å². The number of carbonyl (C=O) groups is 1. The van der Waals surface area contributed by atoms with Crippen LogP contribution in [0.5, 0.6) is 0 Å². The van der Waals surface area contributed by atoms with Crippen LogP contribution in [0.2, 0.25) is 5.02 Å². The number of fused-ring (bicyclic) bond motifs is 2. The number of nitrogens with zero attached hydrogens (tertiary/aromatic N) is 4. The van der Waals surface area contributed by atoms with E-state index in [1.54, 1.807) is 48.9 Å². The molecule has 0 N–H and O–H groups in total. The van der Waals surface area contributed by atoms with E-state index in [0.717, 1.165) is 11.3 Å². The molecule has 2 aromatic heterocycles. The van der Waals surface area contributed by atoms with Crippen LogP contribution in [0, 0.1) is 0 Å². The van der Waals surface area contributed by atoms with Crippen molar-refractivity contribution in [3.8, 4) is 0 Å². The highest BCUT2D eigenvalue weighted by Crippen LogP contribution is 2.32. The Morgan fingerprint density at radius 2 is 1.88 bits per heavy atom. The number of ether oxygens (including phenoxy) is 1. The zero-order chi connectivity index (χ0) is 23.9. The number of carbonyl (C=O) groups excluding carboxylic acids is 1. The SMILES string of the molecule is COC(=O)[C@@H]1Cc2ncn(Cc3ccc(Cl)cc3)c2CN1S(=O)(=O)c1cccc2cccnc12. The van der Waals surface area contributed by atoms with Crippen LogP contribution in [0.3, 0.4) is 0 Å². The molecule has 0 radical (unpaired) electrons. The Morgan fingerprint density at radius 3 is 2.65 bits per heavy atom. The second-order valence-corrected chi connectivity index (χ2v) is 10.3. The molecule has 0 aliphatic carbocycles. The molecule has 5 rings (SSSR count). The average Bonchev–Trinajstić information content (AvgIpc) is 3.25. The number of imidazole rings is 1. The minimum atomic E-state index is -4.10. The molecule has 8 nitrogen and oxygen atoms in total. The van der Waals surface area contributed by atoms with Gasteiger partial charge in [-0.3, -0.25) is 9.78 Å². The summed E-state index contributed by atoms with van der Waals surface area (Å²) in [6, 6.07) is 14.9. The number of rotatable bonds is 5. The first-order valence-electron chi connectivity index (χ1n) is 10.6. The Morgan fingerprint density at radius 1 is 1.12 bits per heavy atom. The van der Waals surface area contributed by atoms with Crippen molar-refractivity contribution in [3.63, 3.8) is 0 Å². The van der Waals surface area contributed by atoms with E-state index in [4.69, 9.17) is 16.3 Å². The predicted octanol–water partition coefficient (Wildman–Crippen LogP) is 3.42. The van der Waals surface area contributed by atoms with Gasteiger partial charge in [-0.2, -0.15) is 4.31 Å². The zero-order valence-electron chi connectivity index (χ0n) is 18.3. The topological polar surface area (TPSA) is 94.4 Å². The summed E-state index contributed by atoms with van der Waals surface area (Å²) >= 11 is 6.00. The lowest BCUT2D eigenvalue weighted by atomic mass is 10.1. The third-order valence-electron chi connectivity index (χ3n) is 5.99. The monoisotopic (exact) mass is 496 g/mol. The molecule has 34 heavy (non-hydrogen) atoms. The molecular formula is C24H21ClN4O4S. The minimum Gasteiger partial charge on any atom is -0.468 e. The number of esters is 1. The summed E-state index contributed by atoms with van der Waals surface area (Å²) in [5, 5.41) is 1.34. The number of hydrogen-bond donors (Lipinski definition) is 0. The van der Waals surface area contributed by atoms with Gasteiger partial charge in [0, 0.05) is 29.6 Å². The van der Waals surface area contributed by atoms with Crippen LogP contribution in [0.15, 0.2) is 72.0 Å². The van der Waals surface area contributed by atoms with Crippen molar-refractivity contribution in [2.24, 2.45) is 0 Å². The second kappa shape index (κ2) is 8.83. The molecule has 1 atom stereocenters. The van der Waals surface area contributed by atoms with Crippen molar-refractivity contribution in [1.82, 2.24) is 18.8 Å². The van der Waals surface area contributed by atoms with E-state index in [1.807, 2.05) is 16.7 Å². The number of benzene rings is 2. The molecule has 0 saturated heterocycles. The fourth-order valence-corrected chi connectivity index (χ4v) is 6.10. The third kappa shape index (κ3) is 3.96. The Kier molecular flexibility index (Phi) is 5.85. The van der Waals surface area contributed by atoms with Gasteiger partial charge in [0.1, 0.15) is 10.9 Å². The van der Waals surface area contributed by atoms with Crippen LogP contribution in [0.1, 0.15) is 17.0 Å². The summed E-state index contributed by atoms with van der Waals surface area (Å²) in [5.74, 6) is -0.630. The van der Waals surface area contributed by atoms with Gasteiger partial charge in [-0.05, 0) is 29.8 Å². The molecule has 0 bridgehead atoms. The number of hydrogen-bond acceptors (Lipinski definition) is 6. The van der Waals surface area contributed by atoms with Crippen LogP contribution in [0.25, 0.3) is 10.9 Å². The van der Waals surface area contributed by atoms with E-state index in [9.17, 15) is 13.2 Å². The standard InChI is InChI=1S/C24H21ClN4O4S/c1-33-24(30)20-12-19-21(28(15-27-19)13-16-7-9-18(25)10-8-16)14-29(20)34(31,32)22-6-2-4-17-5-3-11-26-23(17)22/h2-11,15,20H,12-14H2,1H3/t20-/m0/s1. The fourth-order valence-electron chi connectivity index (χ4n) is 4.27. The maximum Gasteiger partial charge on any atom is 0.324 e. The van der Waals surface area contributed by atoms with E-state index in [-0.39, 0.29) is 17.9 Å². The normalized spacial score (nSPS) is 16.4. The first kappa shape index (κ1) is 22.5. The summed E-state index contributed by atoms with van der Waals surface area (Å²) in [7, 11) is -2.85. The van der Waals surface area contributed by atoms with Crippen molar-refractivity contribution in [3.05, 3.63) is 89.1 Å². The van der Waals surface area contributed by atoms with Gasteiger partial charge in [-0.1, -0.05) is 41.9 Å². The maximum absolute atomic E-state index is 13.9. The number of para-hydroxylation sites is 1. The smallest absolute Gasteiger partial charge is 0.324 e. The lowest BCUT2D eigenvalue weighted by molar-refractivity contribution is -0.145. The van der Waals surface area contributed by atoms with Gasteiger partial charge in [0.2, 0.25) is 10.0 Å². The maximum atomic E-state index is 13.9. The van der Waals surface area contributed by atoms with Gasteiger partial charge < -0.3 is 9.30 Å². The quantitative estimate of drug-likeness (QED) is 0.393. The van der Waals surface area contributed by atoms with Crippen molar-refractivity contribution in [2.45, 2.75) is 30.4 Å². The average molecular weight is 497 g/mol. The number of sulfonamides is 1. The van der Waals surface area contributed by atoms with Crippen LogP contribution in [-0.4, -0.2) is 46.4 Å². The minimum absolute atomic E-state index is 0.0196. The summed E-state index contributed by atoms with van der Waals surface area (Å²) < 4.78 is 35.9. The predicted molar refractivity (Wildman–Crippen MR) is 127 cm³/mol. The van der Waals surface area contributed by atoms with Gasteiger partial charge in [0.05, 0.1) is 36.9 Å². The number of halogens is 1. The third-order valence-corrected chi connectivity index (χ3v) is 8.13. The fraction of sp³-hybridized carbons (Fsp3) is 0.208. The molecule has 1 aliphatic rings. The molecule has 3 heterocycles. The van der Waals surface area contributed by atoms with E-state index in [1.165, 1.54) is 17.5 Å². The number of methoxy groups -OCH3 is 1. The first-order chi connectivity index (χ1) is 16.4. The lowest BCUT2D eigenvalue weighted by Crippen LogP contribution is -2.49. The molecule has 10 heteroatoms. The van der Waals surface area contributed by atoms with Crippen molar-refractivity contribution >= 4 is 38.5 Å². The molecule has 4 aromatic rings. The van der Waals surface area contributed by atoms with Crippen molar-refractivity contribution < 1.29 is 17.9 Å². The van der Waals surface area contributed by atoms with E-state index < -0.39 is 22.0 Å².